The van der Waals surface area contributed by atoms with Crippen LogP contribution in [0.25, 0.3) is 5.01 Å². The average molecular weight is 61.0 g/mol. The predicted molar refractivity (Wildman–Crippen MR) is 8.79 cm³/mol. The Morgan fingerprint density at radius 2 is 2.25 bits per heavy atom. The summed E-state index contributed by atoms with van der Waals surface area (Å²) in [6.07, 6.45) is 0. The van der Waals surface area contributed by atoms with Crippen LogP contribution in [0.1, 0.15) is 0 Å². The molecule has 0 aliphatic carbocycles. The molecule has 0 bridgehead atoms. The van der Waals surface area contributed by atoms with Crippen molar-refractivity contribution in [1.82, 2.24) is 0 Å². The first-order valence-corrected chi connectivity index (χ1v) is 0.560. The van der Waals surface area contributed by atoms with Crippen molar-refractivity contribution in [3.63, 3.8) is 0 Å². The Bertz CT molecular complexity index is 37.8. The third-order valence-electron chi connectivity index (χ3n) is 0.0345. The second kappa shape index (κ2) is 2.22. The van der Waals surface area contributed by atoms with Crippen LogP contribution in [0.15, 0.2) is 0 Å². The first-order valence-electron chi connectivity index (χ1n) is 0.560. The molecule has 0 saturated carbocycles. The fourth-order valence-corrected chi connectivity index (χ4v) is 0. The Morgan fingerprint density at radius 1 is 2.00 bits per heavy atom. The highest BCUT2D eigenvalue weighted by Crippen LogP contribution is 1.64. The van der Waals surface area contributed by atoms with Gasteiger partial charge < -0.3 is 0 Å². The van der Waals surface area contributed by atoms with Crippen LogP contribution < -0.4 is 0 Å². The van der Waals surface area contributed by atoms with E-state index in [1.165, 1.54) is 0 Å². The van der Waals surface area contributed by atoms with E-state index in [9.17, 15) is 4.53 Å². The Kier molecular flexibility index (Phi) is 1.79. The van der Waals surface area contributed by atoms with Gasteiger partial charge in [0.25, 0.3) is 0 Å². The zero-order chi connectivity index (χ0) is 3.41. The Balaban J connectivity index is 2.43. The molecule has 2 nitrogen and oxygen atoms in total. The standard InChI is InChI=1S/CFNO/c1-3-4-2. The second-order valence-electron chi connectivity index (χ2n) is 0.160. The molecule has 0 spiro atoms. The molecule has 0 aromatic rings. The van der Waals surface area contributed by atoms with E-state index in [0.717, 1.165) is 0 Å². The summed E-state index contributed by atoms with van der Waals surface area (Å²) in [7, 11) is 0. The van der Waals surface area contributed by atoms with Crippen molar-refractivity contribution in [2.75, 3.05) is 0 Å². The molecule has 0 radical (unpaired) electrons. The van der Waals surface area contributed by atoms with Crippen molar-refractivity contribution in [2.24, 2.45) is 0 Å². The van der Waals surface area contributed by atoms with Crippen LogP contribution in [0.5, 0.6) is 0 Å². The zero-order valence-electron chi connectivity index (χ0n) is 1.73. The monoisotopic (exact) mass is 61.0 g/mol. The van der Waals surface area contributed by atoms with Gasteiger partial charge in [0.2, 0.25) is 0 Å². The molecule has 22 valence electrons. The molecule has 4 heavy (non-hydrogen) atoms. The van der Waals surface area contributed by atoms with Crippen LogP contribution in [-0.2, 0) is 5.04 Å². The van der Waals surface area contributed by atoms with E-state index in [2.05, 4.69) is 5.04 Å². The van der Waals surface area contributed by atoms with Crippen molar-refractivity contribution in [3.05, 3.63) is 11.6 Å². The highest BCUT2D eigenvalue weighted by molar-refractivity contribution is 4.11. The normalized spacial score (nSPS) is 4.00. The van der Waals surface area contributed by atoms with Gasteiger partial charge in [0.15, 0.2) is 0 Å². The summed E-state index contributed by atoms with van der Waals surface area (Å²) in [5.41, 5.74) is 0. The first kappa shape index (κ1) is 3.22. The molecule has 0 unspecified atom stereocenters. The Labute approximate surface area is 22.5 Å². The summed E-state index contributed by atoms with van der Waals surface area (Å²) < 4.78 is 9.87. The molecule has 0 saturated heterocycles. The lowest BCUT2D eigenvalue weighted by molar-refractivity contribution is -0.0666. The molecule has 0 atom stereocenters. The summed E-state index contributed by atoms with van der Waals surface area (Å²) in [5.74, 6) is 0. The maximum Gasteiger partial charge on any atom is 0.0874 e. The molecule has 0 amide bonds. The summed E-state index contributed by atoms with van der Waals surface area (Å²) >= 11 is 0. The van der Waals surface area contributed by atoms with E-state index in [1.807, 2.05) is 5.01 Å². The van der Waals surface area contributed by atoms with E-state index in [0.29, 0.717) is 0 Å². The van der Waals surface area contributed by atoms with E-state index >= 15 is 0 Å². The van der Waals surface area contributed by atoms with Gasteiger partial charge in [-0.15, -0.1) is 6.57 Å². The molecule has 0 aliphatic rings. The van der Waals surface area contributed by atoms with E-state index in [-0.39, 0.29) is 0 Å². The van der Waals surface area contributed by atoms with Crippen molar-refractivity contribution < 1.29 is 9.57 Å². The SMILES string of the molecule is [C-]#[N+]OF. The van der Waals surface area contributed by atoms with Gasteiger partial charge in [-0.1, -0.05) is 0 Å². The minimum absolute atomic E-state index is 1.82. The molecule has 0 aromatic heterocycles. The number of hydrogen-bond donors (Lipinski definition) is 0. The molecular weight excluding hydrogens is 61.0 g/mol. The Morgan fingerprint density at radius 3 is 2.25 bits per heavy atom. The lowest BCUT2D eigenvalue weighted by Crippen LogP contribution is -1.35. The number of halogens is 1. The van der Waals surface area contributed by atoms with Gasteiger partial charge in [0, 0.05) is 5.01 Å². The van der Waals surface area contributed by atoms with Gasteiger partial charge in [0.05, 0.1) is 9.57 Å². The van der Waals surface area contributed by atoms with Crippen LogP contribution in [0.2, 0.25) is 0 Å². The fourth-order valence-electron chi connectivity index (χ4n) is 0. The van der Waals surface area contributed by atoms with Crippen LogP contribution in [0, 0.1) is 6.57 Å². The molecule has 0 rings (SSSR count). The Hall–Kier alpha value is -0.780. The van der Waals surface area contributed by atoms with Gasteiger partial charge >= 0.3 is 0 Å². The lowest BCUT2D eigenvalue weighted by Gasteiger charge is -1.44. The minimum Gasteiger partial charge on any atom is -0.147 e. The fraction of sp³-hybridized carbons (Fsp3) is 0. The number of nitrogens with zero attached hydrogens (tertiary/aromatic N) is 1. The van der Waals surface area contributed by atoms with Crippen LogP contribution in [0.3, 0.4) is 0 Å². The van der Waals surface area contributed by atoms with E-state index in [1.54, 1.807) is 0 Å². The molecule has 0 heterocycles. The van der Waals surface area contributed by atoms with Crippen LogP contribution >= 0.6 is 0 Å². The molecule has 0 fully saturated rings. The smallest absolute Gasteiger partial charge is 0.0874 e. The van der Waals surface area contributed by atoms with Gasteiger partial charge in [0.1, 0.15) is 0 Å². The molecule has 3 heteroatoms. The predicted octanol–water partition coefficient (Wildman–Crippen LogP) is 0.722. The summed E-state index contributed by atoms with van der Waals surface area (Å²) in [5, 5.41) is 4.15. The van der Waals surface area contributed by atoms with Gasteiger partial charge in [-0.3, -0.25) is 0 Å². The molecule has 0 aromatic carbocycles. The quantitative estimate of drug-likeness (QED) is 0.297. The number of hydrogen-bond acceptors (Lipinski definition) is 1. The highest BCUT2D eigenvalue weighted by atomic mass is 19.3. The summed E-state index contributed by atoms with van der Waals surface area (Å²) in [6.45, 7) is 5.48. The van der Waals surface area contributed by atoms with E-state index in [4.69, 9.17) is 6.57 Å². The van der Waals surface area contributed by atoms with Crippen LogP contribution in [0.4, 0.5) is 4.53 Å². The average Bonchev–Trinajstić information content (AvgIpc) is 1.37. The lowest BCUT2D eigenvalue weighted by atomic mass is 11.8. The molecule has 0 aliphatic heterocycles. The van der Waals surface area contributed by atoms with Gasteiger partial charge in [-0.05, 0) is 0 Å². The van der Waals surface area contributed by atoms with Crippen LogP contribution in [-0.4, -0.2) is 0 Å². The zero-order valence-corrected chi connectivity index (χ0v) is 1.73. The maximum absolute atomic E-state index is 9.87. The molecular formula is CFNO. The van der Waals surface area contributed by atoms with Gasteiger partial charge in [-0.25, -0.2) is 0 Å². The largest absolute Gasteiger partial charge is 0.147 e. The van der Waals surface area contributed by atoms with Crippen molar-refractivity contribution >= 4 is 0 Å². The van der Waals surface area contributed by atoms with Gasteiger partial charge in [-0.2, -0.15) is 0 Å². The maximum atomic E-state index is 9.87. The highest BCUT2D eigenvalue weighted by Gasteiger charge is 1.52. The third-order valence-corrected chi connectivity index (χ3v) is 0.0345. The second-order valence-corrected chi connectivity index (χ2v) is 0.160. The van der Waals surface area contributed by atoms with Crippen molar-refractivity contribution in [3.8, 4) is 0 Å². The number of rotatable bonds is 0. The minimum atomic E-state index is 1.82. The van der Waals surface area contributed by atoms with E-state index < -0.39 is 0 Å². The first-order chi connectivity index (χ1) is 1.91. The third kappa shape index (κ3) is 1.22. The molecule has 0 N–H and O–H groups in total. The topological polar surface area (TPSA) is 13.6 Å². The van der Waals surface area contributed by atoms with Crippen molar-refractivity contribution in [2.45, 2.75) is 0 Å². The summed E-state index contributed by atoms with van der Waals surface area (Å²) in [4.78, 5) is 0. The summed E-state index contributed by atoms with van der Waals surface area (Å²) in [6, 6.07) is 0. The van der Waals surface area contributed by atoms with Crippen molar-refractivity contribution in [1.29, 1.82) is 0 Å².